The highest BCUT2D eigenvalue weighted by molar-refractivity contribution is 5.92. The van der Waals surface area contributed by atoms with Gasteiger partial charge in [0.15, 0.2) is 11.6 Å². The van der Waals surface area contributed by atoms with E-state index >= 15 is 0 Å². The highest BCUT2D eigenvalue weighted by atomic mass is 19.1. The van der Waals surface area contributed by atoms with E-state index in [2.05, 4.69) is 4.98 Å². The number of aliphatic hydroxyl groups excluding tert-OH is 1. The summed E-state index contributed by atoms with van der Waals surface area (Å²) in [6, 6.07) is 0.957. The lowest BCUT2D eigenvalue weighted by Crippen LogP contribution is -2.49. The molecule has 4 N–H and O–H groups in total. The average Bonchev–Trinajstić information content (AvgIpc) is 3.49. The fraction of sp³-hybridized carbons (Fsp3) is 0.526. The van der Waals surface area contributed by atoms with Crippen molar-refractivity contribution in [2.45, 2.75) is 37.8 Å². The van der Waals surface area contributed by atoms with Crippen LogP contribution in [0.4, 0.5) is 10.2 Å². The normalized spacial score (nSPS) is 22.6. The second-order valence-electron chi connectivity index (χ2n) is 7.65. The third-order valence-electron chi connectivity index (χ3n) is 5.72. The molecule has 2 atom stereocenters. The number of halogens is 1. The summed E-state index contributed by atoms with van der Waals surface area (Å²) in [7, 11) is 0. The number of carbonyl (C=O) groups is 1. The van der Waals surface area contributed by atoms with Crippen molar-refractivity contribution in [1.82, 2.24) is 9.55 Å². The van der Waals surface area contributed by atoms with Gasteiger partial charge in [0, 0.05) is 38.0 Å². The Morgan fingerprint density at radius 3 is 2.71 bits per heavy atom. The summed E-state index contributed by atoms with van der Waals surface area (Å²) in [4.78, 5) is 30.1. The molecule has 2 aliphatic rings. The van der Waals surface area contributed by atoms with Gasteiger partial charge >= 0.3 is 5.97 Å². The summed E-state index contributed by atoms with van der Waals surface area (Å²) >= 11 is 0. The Kier molecular flexibility index (Phi) is 4.80. The number of rotatable bonds is 5. The van der Waals surface area contributed by atoms with E-state index < -0.39 is 17.2 Å². The van der Waals surface area contributed by atoms with E-state index in [0.29, 0.717) is 31.6 Å². The predicted molar refractivity (Wildman–Crippen MR) is 101 cm³/mol. The van der Waals surface area contributed by atoms with Gasteiger partial charge < -0.3 is 25.4 Å². The average molecular weight is 390 g/mol. The minimum absolute atomic E-state index is 0.0208. The minimum Gasteiger partial charge on any atom is -0.477 e. The second-order valence-corrected chi connectivity index (χ2v) is 7.65. The molecule has 1 aliphatic carbocycles. The van der Waals surface area contributed by atoms with Gasteiger partial charge in [-0.25, -0.2) is 14.2 Å². The smallest absolute Gasteiger partial charge is 0.341 e. The van der Waals surface area contributed by atoms with Crippen molar-refractivity contribution in [3.8, 4) is 0 Å². The van der Waals surface area contributed by atoms with Gasteiger partial charge in [0.25, 0.3) is 0 Å². The first kappa shape index (κ1) is 18.8. The molecule has 0 aromatic carbocycles. The number of aromatic nitrogens is 2. The second kappa shape index (κ2) is 7.14. The molecule has 1 aliphatic heterocycles. The molecule has 0 spiro atoms. The quantitative estimate of drug-likeness (QED) is 0.699. The molecular weight excluding hydrogens is 367 g/mol. The summed E-state index contributed by atoms with van der Waals surface area (Å²) in [6.07, 6.45) is 4.38. The zero-order chi connectivity index (χ0) is 20.0. The molecule has 0 unspecified atom stereocenters. The molecule has 150 valence electrons. The SMILES string of the molecule is N[C@@H]1CN(c2nc3c(cc2F)c(=O)c(C(=O)O)cn3C2CC2)CC[C@H]1CCO. The number of anilines is 1. The lowest BCUT2D eigenvalue weighted by molar-refractivity contribution is 0.0695. The number of pyridine rings is 2. The zero-order valence-electron chi connectivity index (χ0n) is 15.3. The van der Waals surface area contributed by atoms with Crippen LogP contribution in [-0.2, 0) is 0 Å². The van der Waals surface area contributed by atoms with Crippen molar-refractivity contribution in [3.63, 3.8) is 0 Å². The number of hydrogen-bond donors (Lipinski definition) is 3. The molecule has 28 heavy (non-hydrogen) atoms. The molecule has 2 aromatic rings. The van der Waals surface area contributed by atoms with E-state index in [1.54, 1.807) is 9.47 Å². The van der Waals surface area contributed by atoms with Crippen LogP contribution < -0.4 is 16.1 Å². The summed E-state index contributed by atoms with van der Waals surface area (Å²) in [5.41, 5.74) is 5.40. The van der Waals surface area contributed by atoms with E-state index in [9.17, 15) is 19.1 Å². The highest BCUT2D eigenvalue weighted by Gasteiger charge is 2.31. The standard InChI is InChI=1S/C19H23FN4O4/c20-14-7-12-16(26)13(19(27)28)8-24(11-1-2-11)17(12)22-18(14)23-5-3-10(4-6-25)15(21)9-23/h7-8,10-11,15,25H,1-6,9,21H2,(H,27,28)/t10-,15+/m0/s1. The third-order valence-corrected chi connectivity index (χ3v) is 5.72. The van der Waals surface area contributed by atoms with E-state index in [1.807, 2.05) is 0 Å². The molecule has 2 aromatic heterocycles. The molecule has 9 heteroatoms. The fourth-order valence-electron chi connectivity index (χ4n) is 3.99. The van der Waals surface area contributed by atoms with Gasteiger partial charge in [-0.3, -0.25) is 4.79 Å². The number of carboxylic acids is 1. The first-order valence-corrected chi connectivity index (χ1v) is 9.50. The summed E-state index contributed by atoms with van der Waals surface area (Å²) in [6.45, 7) is 1.02. The van der Waals surface area contributed by atoms with Gasteiger partial charge in [-0.05, 0) is 37.7 Å². The van der Waals surface area contributed by atoms with Crippen molar-refractivity contribution in [2.75, 3.05) is 24.6 Å². The Balaban J connectivity index is 1.78. The Morgan fingerprint density at radius 2 is 2.11 bits per heavy atom. The summed E-state index contributed by atoms with van der Waals surface area (Å²) < 4.78 is 16.5. The molecule has 0 bridgehead atoms. The minimum atomic E-state index is -1.33. The van der Waals surface area contributed by atoms with Crippen LogP contribution in [0.25, 0.3) is 11.0 Å². The van der Waals surface area contributed by atoms with Crippen LogP contribution in [0, 0.1) is 11.7 Å². The van der Waals surface area contributed by atoms with Crippen LogP contribution in [-0.4, -0.2) is 51.5 Å². The van der Waals surface area contributed by atoms with Gasteiger partial charge in [-0.1, -0.05) is 0 Å². The van der Waals surface area contributed by atoms with Gasteiger partial charge in [0.2, 0.25) is 5.43 Å². The van der Waals surface area contributed by atoms with Crippen LogP contribution in [0.2, 0.25) is 0 Å². The Morgan fingerprint density at radius 1 is 1.36 bits per heavy atom. The maximum atomic E-state index is 14.9. The van der Waals surface area contributed by atoms with E-state index in [1.165, 1.54) is 6.20 Å². The Labute approximate surface area is 160 Å². The number of aliphatic hydroxyl groups is 1. The molecule has 3 heterocycles. The van der Waals surface area contributed by atoms with Crippen LogP contribution in [0.3, 0.4) is 0 Å². The monoisotopic (exact) mass is 390 g/mol. The van der Waals surface area contributed by atoms with E-state index in [-0.39, 0.29) is 41.4 Å². The molecule has 0 radical (unpaired) electrons. The Bertz CT molecular complexity index is 988. The molecule has 0 amide bonds. The molecule has 8 nitrogen and oxygen atoms in total. The van der Waals surface area contributed by atoms with Gasteiger partial charge in [0.1, 0.15) is 11.2 Å². The van der Waals surface area contributed by atoms with Crippen molar-refractivity contribution < 1.29 is 19.4 Å². The molecule has 1 saturated heterocycles. The van der Waals surface area contributed by atoms with Gasteiger partial charge in [-0.2, -0.15) is 0 Å². The maximum Gasteiger partial charge on any atom is 0.341 e. The van der Waals surface area contributed by atoms with E-state index in [0.717, 1.165) is 18.9 Å². The lowest BCUT2D eigenvalue weighted by Gasteiger charge is -2.37. The molecular formula is C19H23FN4O4. The summed E-state index contributed by atoms with van der Waals surface area (Å²) in [5.74, 6) is -1.69. The first-order valence-electron chi connectivity index (χ1n) is 9.50. The van der Waals surface area contributed by atoms with Gasteiger partial charge in [0.05, 0.1) is 5.39 Å². The fourth-order valence-corrected chi connectivity index (χ4v) is 3.99. The topological polar surface area (TPSA) is 122 Å². The number of nitrogens with two attached hydrogens (primary N) is 1. The van der Waals surface area contributed by atoms with Crippen molar-refractivity contribution in [3.05, 3.63) is 33.9 Å². The molecule has 1 saturated carbocycles. The molecule has 4 rings (SSSR count). The van der Waals surface area contributed by atoms with Crippen LogP contribution >= 0.6 is 0 Å². The van der Waals surface area contributed by atoms with Crippen molar-refractivity contribution >= 4 is 22.8 Å². The highest BCUT2D eigenvalue weighted by Crippen LogP contribution is 2.37. The number of hydrogen-bond acceptors (Lipinski definition) is 6. The Hall–Kier alpha value is -2.52. The molecule has 2 fully saturated rings. The van der Waals surface area contributed by atoms with Crippen molar-refractivity contribution in [2.24, 2.45) is 11.7 Å². The number of carboxylic acid groups (broad SMARTS) is 1. The lowest BCUT2D eigenvalue weighted by atomic mass is 9.89. The number of piperidine rings is 1. The number of nitrogens with zero attached hydrogens (tertiary/aromatic N) is 3. The van der Waals surface area contributed by atoms with Crippen molar-refractivity contribution in [1.29, 1.82) is 0 Å². The summed E-state index contributed by atoms with van der Waals surface area (Å²) in [5, 5.41) is 18.4. The zero-order valence-corrected chi connectivity index (χ0v) is 15.3. The van der Waals surface area contributed by atoms with Gasteiger partial charge in [-0.15, -0.1) is 0 Å². The van der Waals surface area contributed by atoms with Crippen LogP contribution in [0.1, 0.15) is 42.1 Å². The van der Waals surface area contributed by atoms with Crippen LogP contribution in [0.15, 0.2) is 17.1 Å². The van der Waals surface area contributed by atoms with Crippen LogP contribution in [0.5, 0.6) is 0 Å². The van der Waals surface area contributed by atoms with E-state index in [4.69, 9.17) is 10.8 Å². The number of aromatic carboxylic acids is 1. The first-order chi connectivity index (χ1) is 13.4. The third kappa shape index (κ3) is 3.24. The largest absolute Gasteiger partial charge is 0.477 e. The predicted octanol–water partition coefficient (Wildman–Crippen LogP) is 1.10. The maximum absolute atomic E-state index is 14.9. The number of fused-ring (bicyclic) bond motifs is 1.